The van der Waals surface area contributed by atoms with Crippen molar-refractivity contribution >= 4 is 53.4 Å². The summed E-state index contributed by atoms with van der Waals surface area (Å²) < 4.78 is 9.22. The third-order valence-electron chi connectivity index (χ3n) is 10.6. The summed E-state index contributed by atoms with van der Waals surface area (Å²) in [5, 5.41) is 4.60. The monoisotopic (exact) mass is 733 g/mol. The van der Waals surface area contributed by atoms with Gasteiger partial charge in [0.2, 0.25) is 0 Å². The van der Waals surface area contributed by atoms with Gasteiger partial charge in [-0.05, 0) is 63.7 Å². The number of hydrogen-bond donors (Lipinski definition) is 0. The number of nitrogens with zero attached hydrogens (tertiary/aromatic N) is 3. The van der Waals surface area contributed by atoms with Crippen molar-refractivity contribution < 1.29 is 4.42 Å². The fourth-order valence-electron chi connectivity index (χ4n) is 7.82. The predicted octanol–water partition coefficient (Wildman–Crippen LogP) is 14.1. The third-order valence-corrected chi connectivity index (χ3v) is 11.8. The summed E-state index contributed by atoms with van der Waals surface area (Å²) in [6, 6.07) is 65.6. The molecule has 0 unspecified atom stereocenters. The van der Waals surface area contributed by atoms with Crippen LogP contribution in [-0.4, -0.2) is 15.0 Å². The minimum absolute atomic E-state index is 0.599. The average Bonchev–Trinajstić information content (AvgIpc) is 3.85. The van der Waals surface area contributed by atoms with Gasteiger partial charge >= 0.3 is 0 Å². The molecule has 0 aliphatic carbocycles. The van der Waals surface area contributed by atoms with Crippen LogP contribution in [0.5, 0.6) is 0 Å². The Labute approximate surface area is 327 Å². The smallest absolute Gasteiger partial charge is 0.164 e. The maximum absolute atomic E-state index is 6.60. The zero-order valence-electron chi connectivity index (χ0n) is 30.1. The van der Waals surface area contributed by atoms with Crippen molar-refractivity contribution in [3.63, 3.8) is 0 Å². The topological polar surface area (TPSA) is 51.8 Å². The number of aromatic nitrogens is 3. The summed E-state index contributed by atoms with van der Waals surface area (Å²) in [5.74, 6) is 1.84. The van der Waals surface area contributed by atoms with E-state index in [2.05, 4.69) is 140 Å². The molecule has 0 radical (unpaired) electrons. The summed E-state index contributed by atoms with van der Waals surface area (Å²) in [6.07, 6.45) is 0. The molecule has 262 valence electrons. The minimum Gasteiger partial charge on any atom is -0.456 e. The summed E-state index contributed by atoms with van der Waals surface area (Å²) >= 11 is 1.86. The van der Waals surface area contributed by atoms with Gasteiger partial charge in [0.25, 0.3) is 0 Å². The number of thiophene rings is 1. The first-order valence-electron chi connectivity index (χ1n) is 18.7. The van der Waals surface area contributed by atoms with E-state index in [0.29, 0.717) is 17.5 Å². The molecule has 56 heavy (non-hydrogen) atoms. The zero-order chi connectivity index (χ0) is 37.0. The molecule has 3 heterocycles. The lowest BCUT2D eigenvalue weighted by molar-refractivity contribution is 0.669. The highest BCUT2D eigenvalue weighted by atomic mass is 32.1. The lowest BCUT2D eigenvalue weighted by Gasteiger charge is -2.10. The van der Waals surface area contributed by atoms with Crippen molar-refractivity contribution in [2.75, 3.05) is 0 Å². The molecule has 0 atom stereocenters. The fraction of sp³-hybridized carbons (Fsp3) is 0. The Morgan fingerprint density at radius 3 is 1.71 bits per heavy atom. The van der Waals surface area contributed by atoms with E-state index < -0.39 is 0 Å². The Hall–Kier alpha value is -7.21. The van der Waals surface area contributed by atoms with Crippen molar-refractivity contribution in [3.05, 3.63) is 188 Å². The van der Waals surface area contributed by atoms with Gasteiger partial charge < -0.3 is 4.42 Å². The molecule has 8 aromatic carbocycles. The van der Waals surface area contributed by atoms with Crippen LogP contribution >= 0.6 is 11.3 Å². The standard InChI is InChI=1S/C51H31N3OS/c1-3-12-32(13-4-1)33-24-26-35(27-25-33)50-52-49(34-14-5-2-6-15-34)53-51(54-50)43-21-11-22-44-47(43)42-29-28-37(31-45(42)55-44)36-16-9-17-38(30-36)39-19-10-20-41-40-18-7-8-23-46(40)56-48(39)41/h1-31H. The van der Waals surface area contributed by atoms with E-state index in [1.54, 1.807) is 0 Å². The molecule has 0 aliphatic heterocycles. The largest absolute Gasteiger partial charge is 0.456 e. The van der Waals surface area contributed by atoms with E-state index in [1.807, 2.05) is 59.9 Å². The molecule has 11 rings (SSSR count). The maximum atomic E-state index is 6.60. The van der Waals surface area contributed by atoms with E-state index >= 15 is 0 Å². The number of benzene rings is 8. The molecule has 3 aromatic heterocycles. The summed E-state index contributed by atoms with van der Waals surface area (Å²) in [5.41, 5.74) is 11.3. The Kier molecular flexibility index (Phi) is 7.64. The van der Waals surface area contributed by atoms with Crippen LogP contribution in [0.25, 0.3) is 110 Å². The second-order valence-corrected chi connectivity index (χ2v) is 15.0. The van der Waals surface area contributed by atoms with Crippen molar-refractivity contribution in [1.82, 2.24) is 15.0 Å². The molecule has 4 nitrogen and oxygen atoms in total. The lowest BCUT2D eigenvalue weighted by Crippen LogP contribution is -2.00. The molecule has 0 bridgehead atoms. The van der Waals surface area contributed by atoms with E-state index in [9.17, 15) is 0 Å². The van der Waals surface area contributed by atoms with Gasteiger partial charge in [0.15, 0.2) is 17.5 Å². The number of hydrogen-bond acceptors (Lipinski definition) is 5. The van der Waals surface area contributed by atoms with Crippen LogP contribution in [-0.2, 0) is 0 Å². The molecule has 0 amide bonds. The van der Waals surface area contributed by atoms with E-state index in [0.717, 1.165) is 55.3 Å². The molecule has 0 N–H and O–H groups in total. The van der Waals surface area contributed by atoms with Gasteiger partial charge in [-0.3, -0.25) is 0 Å². The van der Waals surface area contributed by atoms with Crippen molar-refractivity contribution in [2.24, 2.45) is 0 Å². The van der Waals surface area contributed by atoms with Gasteiger partial charge in [-0.1, -0.05) is 158 Å². The molecule has 11 aromatic rings. The van der Waals surface area contributed by atoms with Gasteiger partial charge in [0, 0.05) is 47.6 Å². The number of fused-ring (bicyclic) bond motifs is 6. The Morgan fingerprint density at radius 1 is 0.339 bits per heavy atom. The fourth-order valence-corrected chi connectivity index (χ4v) is 9.05. The molecule has 0 aliphatic rings. The Morgan fingerprint density at radius 2 is 0.893 bits per heavy atom. The first-order valence-corrected chi connectivity index (χ1v) is 19.5. The molecular weight excluding hydrogens is 703 g/mol. The van der Waals surface area contributed by atoms with Crippen LogP contribution in [0.2, 0.25) is 0 Å². The number of rotatable bonds is 6. The minimum atomic E-state index is 0.599. The van der Waals surface area contributed by atoms with Crippen molar-refractivity contribution in [3.8, 4) is 67.5 Å². The van der Waals surface area contributed by atoms with Crippen LogP contribution in [0.3, 0.4) is 0 Å². The number of furan rings is 1. The molecule has 5 heteroatoms. The molecular formula is C51H31N3OS. The van der Waals surface area contributed by atoms with Crippen LogP contribution in [0.4, 0.5) is 0 Å². The summed E-state index contributed by atoms with van der Waals surface area (Å²) in [7, 11) is 0. The highest BCUT2D eigenvalue weighted by Gasteiger charge is 2.19. The first-order chi connectivity index (χ1) is 27.7. The lowest BCUT2D eigenvalue weighted by atomic mass is 9.97. The molecule has 0 fully saturated rings. The highest BCUT2D eigenvalue weighted by Crippen LogP contribution is 2.42. The molecule has 0 spiro atoms. The van der Waals surface area contributed by atoms with Crippen LogP contribution in [0, 0.1) is 0 Å². The molecule has 0 saturated heterocycles. The van der Waals surface area contributed by atoms with E-state index in [-0.39, 0.29) is 0 Å². The quantitative estimate of drug-likeness (QED) is 0.171. The van der Waals surface area contributed by atoms with Gasteiger partial charge in [0.1, 0.15) is 11.2 Å². The van der Waals surface area contributed by atoms with Crippen LogP contribution in [0.15, 0.2) is 192 Å². The Bertz CT molecular complexity index is 3240. The second kappa shape index (κ2) is 13.3. The third kappa shape index (κ3) is 5.56. The second-order valence-electron chi connectivity index (χ2n) is 14.0. The van der Waals surface area contributed by atoms with Gasteiger partial charge in [-0.2, -0.15) is 0 Å². The van der Waals surface area contributed by atoms with Gasteiger partial charge in [-0.15, -0.1) is 11.3 Å². The van der Waals surface area contributed by atoms with Crippen LogP contribution in [0.1, 0.15) is 0 Å². The SMILES string of the molecule is c1ccc(-c2ccc(-c3nc(-c4ccccc4)nc(-c4cccc5oc6cc(-c7cccc(-c8cccc9c8sc8ccccc89)c7)ccc6c45)n3)cc2)cc1. The van der Waals surface area contributed by atoms with Crippen LogP contribution < -0.4 is 0 Å². The highest BCUT2D eigenvalue weighted by molar-refractivity contribution is 7.26. The van der Waals surface area contributed by atoms with Gasteiger partial charge in [-0.25, -0.2) is 15.0 Å². The zero-order valence-corrected chi connectivity index (χ0v) is 30.9. The Balaban J connectivity index is 1.01. The van der Waals surface area contributed by atoms with E-state index in [1.165, 1.54) is 36.9 Å². The van der Waals surface area contributed by atoms with Crippen molar-refractivity contribution in [2.45, 2.75) is 0 Å². The normalized spacial score (nSPS) is 11.6. The van der Waals surface area contributed by atoms with Crippen molar-refractivity contribution in [1.29, 1.82) is 0 Å². The van der Waals surface area contributed by atoms with E-state index in [4.69, 9.17) is 19.4 Å². The molecule has 0 saturated carbocycles. The summed E-state index contributed by atoms with van der Waals surface area (Å²) in [6.45, 7) is 0. The predicted molar refractivity (Wildman–Crippen MR) is 233 cm³/mol. The maximum Gasteiger partial charge on any atom is 0.164 e. The first kappa shape index (κ1) is 32.2. The van der Waals surface area contributed by atoms with Gasteiger partial charge in [0.05, 0.1) is 0 Å². The average molecular weight is 734 g/mol. The summed E-state index contributed by atoms with van der Waals surface area (Å²) in [4.78, 5) is 15.2.